The summed E-state index contributed by atoms with van der Waals surface area (Å²) < 4.78 is 2.08. The maximum absolute atomic E-state index is 9.61. The number of nitrogens with two attached hydrogens (primary N) is 1. The molecule has 0 amide bonds. The van der Waals surface area contributed by atoms with Gasteiger partial charge in [0, 0.05) is 6.04 Å². The molecule has 5 nitrogen and oxygen atoms in total. The number of benzene rings is 1. The fourth-order valence-corrected chi connectivity index (χ4v) is 4.05. The molecule has 2 N–H and O–H groups in total. The molecule has 122 valence electrons. The average molecular weight is 319 g/mol. The third-order valence-corrected chi connectivity index (χ3v) is 5.64. The molecule has 0 spiro atoms. The molecule has 1 fully saturated rings. The van der Waals surface area contributed by atoms with Crippen molar-refractivity contribution in [2.75, 3.05) is 5.73 Å². The van der Waals surface area contributed by atoms with Gasteiger partial charge in [0.1, 0.15) is 23.0 Å². The van der Waals surface area contributed by atoms with Crippen LogP contribution in [0, 0.1) is 23.2 Å². The molecule has 1 saturated carbocycles. The van der Waals surface area contributed by atoms with Crippen molar-refractivity contribution < 1.29 is 0 Å². The zero-order valence-corrected chi connectivity index (χ0v) is 14.0. The summed E-state index contributed by atoms with van der Waals surface area (Å²) in [5.41, 5.74) is 9.84. The zero-order valence-electron chi connectivity index (χ0n) is 14.0. The number of nitrogens with zero attached hydrogens (tertiary/aromatic N) is 4. The van der Waals surface area contributed by atoms with Crippen molar-refractivity contribution in [3.05, 3.63) is 29.8 Å². The Morgan fingerprint density at radius 1 is 1.17 bits per heavy atom. The third-order valence-electron chi connectivity index (χ3n) is 5.64. The molecule has 3 aromatic rings. The summed E-state index contributed by atoms with van der Waals surface area (Å²) in [4.78, 5) is 9.49. The molecule has 24 heavy (non-hydrogen) atoms. The SMILES string of the molecule is C[C@H]1[C@H](C)CCC[C@@H]1n1c(N)c(C#N)c2nc3ccccc3nc21. The molecular formula is C19H21N5. The Hall–Kier alpha value is -2.61. The van der Waals surface area contributed by atoms with E-state index in [2.05, 4.69) is 29.5 Å². The first-order chi connectivity index (χ1) is 11.6. The van der Waals surface area contributed by atoms with Crippen LogP contribution >= 0.6 is 0 Å². The highest BCUT2D eigenvalue weighted by Gasteiger charge is 2.32. The van der Waals surface area contributed by atoms with Gasteiger partial charge in [-0.3, -0.25) is 0 Å². The fraction of sp³-hybridized carbons (Fsp3) is 0.421. The van der Waals surface area contributed by atoms with E-state index in [0.29, 0.717) is 28.7 Å². The monoisotopic (exact) mass is 319 g/mol. The lowest BCUT2D eigenvalue weighted by Gasteiger charge is -2.35. The Bertz CT molecular complexity index is 965. The Labute approximate surface area is 141 Å². The van der Waals surface area contributed by atoms with Crippen LogP contribution in [0.15, 0.2) is 24.3 Å². The van der Waals surface area contributed by atoms with Crippen molar-refractivity contribution >= 4 is 28.0 Å². The number of nitriles is 1. The highest BCUT2D eigenvalue weighted by molar-refractivity contribution is 5.92. The lowest BCUT2D eigenvalue weighted by molar-refractivity contribution is 0.191. The van der Waals surface area contributed by atoms with Crippen LogP contribution in [-0.2, 0) is 0 Å². The van der Waals surface area contributed by atoms with Crippen molar-refractivity contribution in [3.8, 4) is 6.07 Å². The van der Waals surface area contributed by atoms with Gasteiger partial charge in [0.25, 0.3) is 0 Å². The van der Waals surface area contributed by atoms with E-state index in [1.807, 2.05) is 24.3 Å². The minimum atomic E-state index is 0.272. The van der Waals surface area contributed by atoms with Gasteiger partial charge < -0.3 is 10.3 Å². The second-order valence-corrected chi connectivity index (χ2v) is 6.96. The maximum Gasteiger partial charge on any atom is 0.162 e. The van der Waals surface area contributed by atoms with Gasteiger partial charge in [-0.1, -0.05) is 38.8 Å². The highest BCUT2D eigenvalue weighted by atomic mass is 15.1. The summed E-state index contributed by atoms with van der Waals surface area (Å²) in [6.07, 6.45) is 3.49. The number of fused-ring (bicyclic) bond motifs is 2. The first-order valence-electron chi connectivity index (χ1n) is 8.58. The summed E-state index contributed by atoms with van der Waals surface area (Å²) in [6.45, 7) is 4.57. The van der Waals surface area contributed by atoms with Crippen LogP contribution in [0.4, 0.5) is 5.82 Å². The molecule has 0 bridgehead atoms. The summed E-state index contributed by atoms with van der Waals surface area (Å²) in [5.74, 6) is 1.64. The van der Waals surface area contributed by atoms with Crippen LogP contribution in [0.25, 0.3) is 22.2 Å². The van der Waals surface area contributed by atoms with E-state index in [1.54, 1.807) is 0 Å². The molecule has 3 atom stereocenters. The number of para-hydroxylation sites is 2. The predicted octanol–water partition coefficient (Wildman–Crippen LogP) is 4.04. The average Bonchev–Trinajstić information content (AvgIpc) is 2.86. The van der Waals surface area contributed by atoms with E-state index in [-0.39, 0.29) is 6.04 Å². The molecule has 5 heteroatoms. The molecule has 1 aromatic carbocycles. The van der Waals surface area contributed by atoms with Gasteiger partial charge in [0.2, 0.25) is 0 Å². The van der Waals surface area contributed by atoms with Crippen LogP contribution in [-0.4, -0.2) is 14.5 Å². The van der Waals surface area contributed by atoms with E-state index in [9.17, 15) is 5.26 Å². The Kier molecular flexibility index (Phi) is 3.42. The predicted molar refractivity (Wildman–Crippen MR) is 95.4 cm³/mol. The molecular weight excluding hydrogens is 298 g/mol. The van der Waals surface area contributed by atoms with Gasteiger partial charge in [-0.15, -0.1) is 0 Å². The second-order valence-electron chi connectivity index (χ2n) is 6.96. The molecule has 1 aliphatic carbocycles. The van der Waals surface area contributed by atoms with Crippen molar-refractivity contribution in [2.24, 2.45) is 11.8 Å². The summed E-state index contributed by atoms with van der Waals surface area (Å²) in [5, 5.41) is 9.61. The molecule has 4 rings (SSSR count). The van der Waals surface area contributed by atoms with E-state index in [1.165, 1.54) is 12.8 Å². The van der Waals surface area contributed by atoms with E-state index >= 15 is 0 Å². The summed E-state index contributed by atoms with van der Waals surface area (Å²) in [7, 11) is 0. The van der Waals surface area contributed by atoms with Crippen LogP contribution in [0.2, 0.25) is 0 Å². The van der Waals surface area contributed by atoms with Gasteiger partial charge in [-0.05, 0) is 30.4 Å². The van der Waals surface area contributed by atoms with Crippen molar-refractivity contribution in [1.29, 1.82) is 5.26 Å². The normalized spacial score (nSPS) is 24.3. The molecule has 2 aromatic heterocycles. The number of anilines is 1. The smallest absolute Gasteiger partial charge is 0.162 e. The Morgan fingerprint density at radius 3 is 2.58 bits per heavy atom. The molecule has 0 aliphatic heterocycles. The van der Waals surface area contributed by atoms with Gasteiger partial charge >= 0.3 is 0 Å². The minimum absolute atomic E-state index is 0.272. The first-order valence-corrected chi connectivity index (χ1v) is 8.58. The van der Waals surface area contributed by atoms with Crippen LogP contribution in [0.3, 0.4) is 0 Å². The van der Waals surface area contributed by atoms with E-state index in [4.69, 9.17) is 10.7 Å². The van der Waals surface area contributed by atoms with Gasteiger partial charge in [0.05, 0.1) is 11.0 Å². The first kappa shape index (κ1) is 14.9. The largest absolute Gasteiger partial charge is 0.384 e. The van der Waals surface area contributed by atoms with Crippen molar-refractivity contribution in [3.63, 3.8) is 0 Å². The van der Waals surface area contributed by atoms with Crippen LogP contribution in [0.5, 0.6) is 0 Å². The minimum Gasteiger partial charge on any atom is -0.384 e. The quantitative estimate of drug-likeness (QED) is 0.734. The molecule has 2 heterocycles. The van der Waals surface area contributed by atoms with Crippen molar-refractivity contribution in [2.45, 2.75) is 39.2 Å². The van der Waals surface area contributed by atoms with Crippen LogP contribution in [0.1, 0.15) is 44.7 Å². The Balaban J connectivity index is 2.02. The third kappa shape index (κ3) is 2.06. The van der Waals surface area contributed by atoms with E-state index in [0.717, 1.165) is 23.1 Å². The number of aromatic nitrogens is 3. The van der Waals surface area contributed by atoms with Crippen molar-refractivity contribution in [1.82, 2.24) is 14.5 Å². The standard InChI is InChI=1S/C19H21N5/c1-11-6-5-9-16(12(11)2)24-18(21)13(10-20)17-19(24)23-15-8-4-3-7-14(15)22-17/h3-4,7-8,11-12,16H,5-6,9,21H2,1-2H3/t11-,12+,16+/m1/s1. The summed E-state index contributed by atoms with van der Waals surface area (Å²) in [6, 6.07) is 10.3. The van der Waals surface area contributed by atoms with Gasteiger partial charge in [-0.2, -0.15) is 5.26 Å². The lowest BCUT2D eigenvalue weighted by atomic mass is 9.78. The molecule has 0 radical (unpaired) electrons. The van der Waals surface area contributed by atoms with E-state index < -0.39 is 0 Å². The number of nitrogen functional groups attached to an aromatic ring is 1. The van der Waals surface area contributed by atoms with Gasteiger partial charge in [-0.25, -0.2) is 9.97 Å². The number of hydrogen-bond donors (Lipinski definition) is 1. The second kappa shape index (κ2) is 5.48. The topological polar surface area (TPSA) is 80.5 Å². The fourth-order valence-electron chi connectivity index (χ4n) is 4.05. The highest BCUT2D eigenvalue weighted by Crippen LogP contribution is 2.42. The molecule has 1 aliphatic rings. The maximum atomic E-state index is 9.61. The molecule has 0 saturated heterocycles. The van der Waals surface area contributed by atoms with Gasteiger partial charge in [0.15, 0.2) is 5.65 Å². The number of rotatable bonds is 1. The number of hydrogen-bond acceptors (Lipinski definition) is 4. The molecule has 0 unspecified atom stereocenters. The zero-order chi connectivity index (χ0) is 16.8. The van der Waals surface area contributed by atoms with Crippen LogP contribution < -0.4 is 5.73 Å². The lowest BCUT2D eigenvalue weighted by Crippen LogP contribution is -2.28. The summed E-state index contributed by atoms with van der Waals surface area (Å²) >= 11 is 0. The Morgan fingerprint density at radius 2 is 1.88 bits per heavy atom.